The van der Waals surface area contributed by atoms with Crippen LogP contribution in [0.5, 0.6) is 0 Å². The van der Waals surface area contributed by atoms with Crippen molar-refractivity contribution in [3.63, 3.8) is 0 Å². The minimum absolute atomic E-state index is 0.0350. The molecule has 1 aromatic heterocycles. The highest BCUT2D eigenvalue weighted by molar-refractivity contribution is 6.30. The zero-order valence-electron chi connectivity index (χ0n) is 16.6. The van der Waals surface area contributed by atoms with Crippen molar-refractivity contribution < 1.29 is 18.7 Å². The van der Waals surface area contributed by atoms with Crippen LogP contribution in [0, 0.1) is 11.7 Å². The lowest BCUT2D eigenvalue weighted by Gasteiger charge is -2.28. The van der Waals surface area contributed by atoms with Gasteiger partial charge in [-0.15, -0.1) is 0 Å². The quantitative estimate of drug-likeness (QED) is 0.613. The molecule has 2 N–H and O–H groups in total. The number of carbonyl (C=O) groups excluding carboxylic acids is 2. The van der Waals surface area contributed by atoms with Crippen LogP contribution in [0.3, 0.4) is 0 Å². The smallest absolute Gasteiger partial charge is 0.404 e. The Balaban J connectivity index is 1.48. The second-order valence-corrected chi connectivity index (χ2v) is 8.64. The highest BCUT2D eigenvalue weighted by Gasteiger charge is 2.34. The van der Waals surface area contributed by atoms with E-state index in [1.54, 1.807) is 18.2 Å². The van der Waals surface area contributed by atoms with Crippen molar-refractivity contribution >= 4 is 23.5 Å². The van der Waals surface area contributed by atoms with Gasteiger partial charge in [0.15, 0.2) is 5.78 Å². The molecule has 7 heteroatoms. The number of pyridine rings is 1. The topological polar surface area (TPSA) is 82.3 Å². The molecule has 0 spiro atoms. The summed E-state index contributed by atoms with van der Waals surface area (Å²) in [5.41, 5.74) is 7.69. The largest absolute Gasteiger partial charge is 0.443 e. The maximum Gasteiger partial charge on any atom is 0.404 e. The van der Waals surface area contributed by atoms with Gasteiger partial charge in [0.2, 0.25) is 0 Å². The summed E-state index contributed by atoms with van der Waals surface area (Å²) in [5, 5.41) is 0.388. The molecule has 0 atom stereocenters. The van der Waals surface area contributed by atoms with Crippen LogP contribution in [0.4, 0.5) is 9.18 Å². The number of benzene rings is 1. The van der Waals surface area contributed by atoms with Crippen LogP contribution >= 0.6 is 11.6 Å². The Kier molecular flexibility index (Phi) is 6.04. The van der Waals surface area contributed by atoms with E-state index in [2.05, 4.69) is 4.98 Å². The minimum atomic E-state index is -0.872. The first-order valence-corrected chi connectivity index (χ1v) is 10.7. The van der Waals surface area contributed by atoms with Crippen LogP contribution in [0.2, 0.25) is 5.02 Å². The molecule has 0 saturated heterocycles. The van der Waals surface area contributed by atoms with Gasteiger partial charge in [0.05, 0.1) is 5.69 Å². The molecule has 2 aliphatic carbocycles. The normalized spacial score (nSPS) is 21.3. The zero-order valence-corrected chi connectivity index (χ0v) is 17.3. The molecule has 1 heterocycles. The highest BCUT2D eigenvalue weighted by atomic mass is 35.5. The monoisotopic (exact) mass is 430 g/mol. The Labute approximate surface area is 179 Å². The Morgan fingerprint density at radius 1 is 1.03 bits per heavy atom. The predicted molar refractivity (Wildman–Crippen MR) is 111 cm³/mol. The second-order valence-electron chi connectivity index (χ2n) is 8.20. The van der Waals surface area contributed by atoms with E-state index in [9.17, 15) is 14.0 Å². The van der Waals surface area contributed by atoms with Crippen molar-refractivity contribution in [2.45, 2.75) is 57.0 Å². The first-order valence-electron chi connectivity index (χ1n) is 10.3. The Bertz CT molecular complexity index is 969. The number of hydrogen-bond acceptors (Lipinski definition) is 4. The summed E-state index contributed by atoms with van der Waals surface area (Å²) in [4.78, 5) is 28.7. The number of aromatic nitrogens is 1. The molecule has 0 bridgehead atoms. The maximum absolute atomic E-state index is 14.3. The average molecular weight is 431 g/mol. The average Bonchev–Trinajstić information content (AvgIpc) is 3.57. The molecule has 2 fully saturated rings. The number of primary amides is 1. The first-order chi connectivity index (χ1) is 14.4. The summed E-state index contributed by atoms with van der Waals surface area (Å²) < 4.78 is 19.1. The van der Waals surface area contributed by atoms with E-state index in [0.717, 1.165) is 31.2 Å². The fraction of sp³-hybridized carbons (Fsp3) is 0.435. The third-order valence-corrected chi connectivity index (χ3v) is 6.33. The fourth-order valence-electron chi connectivity index (χ4n) is 4.35. The summed E-state index contributed by atoms with van der Waals surface area (Å²) in [7, 11) is 0. The van der Waals surface area contributed by atoms with Crippen LogP contribution in [-0.4, -0.2) is 16.9 Å². The van der Waals surface area contributed by atoms with Gasteiger partial charge < -0.3 is 10.5 Å². The molecule has 1 amide bonds. The van der Waals surface area contributed by atoms with Crippen molar-refractivity contribution in [3.05, 3.63) is 63.7 Å². The number of ether oxygens (including phenoxy) is 1. The first kappa shape index (κ1) is 20.8. The van der Waals surface area contributed by atoms with Crippen molar-refractivity contribution in [2.75, 3.05) is 0 Å². The van der Waals surface area contributed by atoms with Crippen LogP contribution in [-0.2, 0) is 11.3 Å². The number of hydrogen-bond donors (Lipinski definition) is 1. The number of rotatable bonds is 6. The van der Waals surface area contributed by atoms with E-state index in [4.69, 9.17) is 22.1 Å². The van der Waals surface area contributed by atoms with Crippen LogP contribution in [0.1, 0.15) is 77.7 Å². The maximum atomic E-state index is 14.3. The van der Waals surface area contributed by atoms with E-state index >= 15 is 0 Å². The third-order valence-electron chi connectivity index (χ3n) is 6.10. The van der Waals surface area contributed by atoms with Gasteiger partial charge in [-0.05, 0) is 79.7 Å². The van der Waals surface area contributed by atoms with Gasteiger partial charge in [-0.1, -0.05) is 23.7 Å². The van der Waals surface area contributed by atoms with Crippen molar-refractivity contribution in [3.8, 4) is 0 Å². The molecule has 0 radical (unpaired) electrons. The summed E-state index contributed by atoms with van der Waals surface area (Å²) in [5.74, 6) is 0.0958. The number of halogens is 2. The summed E-state index contributed by atoms with van der Waals surface area (Å²) in [6, 6.07) is 8.52. The number of amides is 1. The van der Waals surface area contributed by atoms with E-state index in [1.807, 2.05) is 6.07 Å². The van der Waals surface area contributed by atoms with Gasteiger partial charge in [-0.3, -0.25) is 4.79 Å². The van der Waals surface area contributed by atoms with E-state index in [1.165, 1.54) is 6.07 Å². The standard InChI is InChI=1S/C23H24ClFN2O3/c24-16-7-9-18(20(25)11-16)13-3-5-15(6-4-13)22(28)21-19(14-1-2-14)10-8-17(27-21)12-30-23(26)29/h7-11,13-15H,1-6,12H2,(H2,26,29). The lowest BCUT2D eigenvalue weighted by atomic mass is 9.76. The van der Waals surface area contributed by atoms with E-state index in [-0.39, 0.29) is 30.0 Å². The number of ketones is 1. The van der Waals surface area contributed by atoms with Crippen molar-refractivity contribution in [1.82, 2.24) is 4.98 Å². The lowest BCUT2D eigenvalue weighted by Crippen LogP contribution is -2.24. The molecule has 2 aromatic rings. The Morgan fingerprint density at radius 3 is 2.30 bits per heavy atom. The predicted octanol–water partition coefficient (Wildman–Crippen LogP) is 5.50. The van der Waals surface area contributed by atoms with Gasteiger partial charge >= 0.3 is 6.09 Å². The molecule has 2 saturated carbocycles. The van der Waals surface area contributed by atoms with Gasteiger partial charge in [0.25, 0.3) is 0 Å². The second kappa shape index (κ2) is 8.72. The molecular formula is C23H24ClFN2O3. The number of Topliss-reactive ketones (excluding diaryl/α,β-unsaturated/α-hetero) is 1. The van der Waals surface area contributed by atoms with E-state index < -0.39 is 6.09 Å². The van der Waals surface area contributed by atoms with Gasteiger partial charge in [-0.2, -0.15) is 0 Å². The van der Waals surface area contributed by atoms with Gasteiger partial charge in [-0.25, -0.2) is 14.2 Å². The number of nitrogens with two attached hydrogens (primary N) is 1. The Morgan fingerprint density at radius 2 is 1.67 bits per heavy atom. The summed E-state index contributed by atoms with van der Waals surface area (Å²) in [6.07, 6.45) is 4.13. The van der Waals surface area contributed by atoms with E-state index in [0.29, 0.717) is 40.7 Å². The van der Waals surface area contributed by atoms with Crippen molar-refractivity contribution in [2.24, 2.45) is 11.7 Å². The number of nitrogens with zero attached hydrogens (tertiary/aromatic N) is 1. The molecule has 2 aliphatic rings. The van der Waals surface area contributed by atoms with Crippen LogP contribution in [0.25, 0.3) is 0 Å². The van der Waals surface area contributed by atoms with Gasteiger partial charge in [0, 0.05) is 10.9 Å². The number of carbonyl (C=O) groups is 2. The summed E-state index contributed by atoms with van der Waals surface area (Å²) >= 11 is 5.86. The molecule has 1 aromatic carbocycles. The fourth-order valence-corrected chi connectivity index (χ4v) is 4.51. The van der Waals surface area contributed by atoms with Crippen LogP contribution < -0.4 is 5.73 Å². The molecule has 0 unspecified atom stereocenters. The SMILES string of the molecule is NC(=O)OCc1ccc(C2CC2)c(C(=O)C2CCC(c3ccc(Cl)cc3F)CC2)n1. The highest BCUT2D eigenvalue weighted by Crippen LogP contribution is 2.43. The van der Waals surface area contributed by atoms with Gasteiger partial charge in [0.1, 0.15) is 18.1 Å². The lowest BCUT2D eigenvalue weighted by molar-refractivity contribution is 0.0876. The molecule has 4 rings (SSSR count). The Hall–Kier alpha value is -2.47. The molecule has 0 aliphatic heterocycles. The van der Waals surface area contributed by atoms with Crippen LogP contribution in [0.15, 0.2) is 30.3 Å². The van der Waals surface area contributed by atoms with Crippen molar-refractivity contribution in [1.29, 1.82) is 0 Å². The molecule has 5 nitrogen and oxygen atoms in total. The third kappa shape index (κ3) is 4.64. The zero-order chi connectivity index (χ0) is 21.3. The molecule has 30 heavy (non-hydrogen) atoms. The minimum Gasteiger partial charge on any atom is -0.443 e. The molecular weight excluding hydrogens is 407 g/mol. The molecule has 158 valence electrons. The summed E-state index contributed by atoms with van der Waals surface area (Å²) in [6.45, 7) is -0.0524.